The largest absolute Gasteiger partial charge is 0.329 e. The molecule has 0 saturated carbocycles. The molecule has 98 valence electrons. The second-order valence-electron chi connectivity index (χ2n) is 5.42. The first-order chi connectivity index (χ1) is 8.35. The number of nitrogens with one attached hydrogen (secondary N) is 1. The summed E-state index contributed by atoms with van der Waals surface area (Å²) in [5.41, 5.74) is 6.70. The van der Waals surface area contributed by atoms with Crippen molar-refractivity contribution < 1.29 is 4.79 Å². The van der Waals surface area contributed by atoms with E-state index in [4.69, 9.17) is 5.73 Å². The van der Waals surface area contributed by atoms with E-state index in [-0.39, 0.29) is 17.6 Å². The molecule has 1 saturated heterocycles. The van der Waals surface area contributed by atoms with E-state index in [1.165, 1.54) is 0 Å². The van der Waals surface area contributed by atoms with Crippen LogP contribution in [0.15, 0.2) is 28.7 Å². The molecule has 0 spiro atoms. The number of benzene rings is 1. The Morgan fingerprint density at radius 2 is 2.06 bits per heavy atom. The number of nitrogens with two attached hydrogens (primary N) is 1. The molecule has 1 fully saturated rings. The van der Waals surface area contributed by atoms with Gasteiger partial charge in [-0.05, 0) is 31.5 Å². The van der Waals surface area contributed by atoms with Gasteiger partial charge < -0.3 is 16.0 Å². The van der Waals surface area contributed by atoms with E-state index in [0.717, 1.165) is 10.0 Å². The highest BCUT2D eigenvalue weighted by Crippen LogP contribution is 2.22. The van der Waals surface area contributed by atoms with Crippen LogP contribution in [0.4, 0.5) is 4.79 Å². The zero-order chi connectivity index (χ0) is 13.3. The zero-order valence-corrected chi connectivity index (χ0v) is 12.2. The molecule has 1 unspecified atom stereocenters. The molecule has 1 heterocycles. The second kappa shape index (κ2) is 4.90. The third kappa shape index (κ3) is 3.23. The van der Waals surface area contributed by atoms with E-state index in [1.807, 2.05) is 38.1 Å². The van der Waals surface area contributed by atoms with Gasteiger partial charge in [0, 0.05) is 23.1 Å². The van der Waals surface area contributed by atoms with Gasteiger partial charge >= 0.3 is 6.03 Å². The Hall–Kier alpha value is -1.07. The van der Waals surface area contributed by atoms with E-state index >= 15 is 0 Å². The van der Waals surface area contributed by atoms with Crippen LogP contribution >= 0.6 is 15.9 Å². The predicted octanol–water partition coefficient (Wildman–Crippen LogP) is 2.25. The Labute approximate surface area is 116 Å². The molecule has 2 rings (SSSR count). The number of hydrogen-bond donors (Lipinski definition) is 2. The Bertz CT molecular complexity index is 439. The first-order valence-corrected chi connectivity index (χ1v) is 6.74. The summed E-state index contributed by atoms with van der Waals surface area (Å²) in [7, 11) is 0. The molecule has 1 atom stereocenters. The smallest absolute Gasteiger partial charge is 0.318 e. The molecule has 0 bridgehead atoms. The molecule has 2 amide bonds. The lowest BCUT2D eigenvalue weighted by Gasteiger charge is -2.25. The Kier molecular flexibility index (Phi) is 3.64. The van der Waals surface area contributed by atoms with Gasteiger partial charge in [-0.2, -0.15) is 0 Å². The Morgan fingerprint density at radius 3 is 2.61 bits per heavy atom. The topological polar surface area (TPSA) is 58.4 Å². The van der Waals surface area contributed by atoms with Gasteiger partial charge in [0.2, 0.25) is 0 Å². The summed E-state index contributed by atoms with van der Waals surface area (Å²) >= 11 is 3.40. The molecule has 1 aromatic rings. The lowest BCUT2D eigenvalue weighted by Crippen LogP contribution is -2.46. The van der Waals surface area contributed by atoms with Crippen LogP contribution in [0.3, 0.4) is 0 Å². The van der Waals surface area contributed by atoms with E-state index in [9.17, 15) is 4.79 Å². The van der Waals surface area contributed by atoms with Crippen LogP contribution in [0.25, 0.3) is 0 Å². The summed E-state index contributed by atoms with van der Waals surface area (Å²) in [5.74, 6) is 0. The molecular weight excluding hydrogens is 294 g/mol. The van der Waals surface area contributed by atoms with E-state index in [2.05, 4.69) is 21.2 Å². The fourth-order valence-corrected chi connectivity index (χ4v) is 2.37. The molecule has 0 aliphatic carbocycles. The predicted molar refractivity (Wildman–Crippen MR) is 75.3 cm³/mol. The van der Waals surface area contributed by atoms with Gasteiger partial charge in [0.05, 0.1) is 6.04 Å². The van der Waals surface area contributed by atoms with Crippen molar-refractivity contribution in [1.29, 1.82) is 0 Å². The standard InChI is InChI=1S/C13H18BrN3O/c1-13(2,15)8-17-7-11(16-12(17)18)9-3-5-10(14)6-4-9/h3-6,11H,7-8,15H2,1-2H3,(H,16,18). The highest BCUT2D eigenvalue weighted by molar-refractivity contribution is 9.10. The quantitative estimate of drug-likeness (QED) is 0.899. The molecule has 18 heavy (non-hydrogen) atoms. The van der Waals surface area contributed by atoms with Crippen LogP contribution in [0.1, 0.15) is 25.5 Å². The van der Waals surface area contributed by atoms with Crippen LogP contribution in [-0.2, 0) is 0 Å². The number of hydrogen-bond acceptors (Lipinski definition) is 2. The molecule has 3 N–H and O–H groups in total. The monoisotopic (exact) mass is 311 g/mol. The normalized spacial score (nSPS) is 20.1. The number of carbonyl (C=O) groups excluding carboxylic acids is 1. The number of amides is 2. The summed E-state index contributed by atoms with van der Waals surface area (Å²) in [5, 5.41) is 2.98. The lowest BCUT2D eigenvalue weighted by molar-refractivity contribution is 0.207. The third-order valence-electron chi connectivity index (χ3n) is 2.86. The summed E-state index contributed by atoms with van der Waals surface area (Å²) in [6.07, 6.45) is 0. The number of carbonyl (C=O) groups is 1. The maximum Gasteiger partial charge on any atom is 0.318 e. The van der Waals surface area contributed by atoms with Crippen molar-refractivity contribution in [2.45, 2.75) is 25.4 Å². The van der Waals surface area contributed by atoms with Crippen molar-refractivity contribution in [3.05, 3.63) is 34.3 Å². The van der Waals surface area contributed by atoms with Gasteiger partial charge in [0.25, 0.3) is 0 Å². The molecule has 4 nitrogen and oxygen atoms in total. The highest BCUT2D eigenvalue weighted by Gasteiger charge is 2.32. The van der Waals surface area contributed by atoms with Gasteiger partial charge in [0.15, 0.2) is 0 Å². The van der Waals surface area contributed by atoms with Gasteiger partial charge in [-0.25, -0.2) is 4.79 Å². The minimum Gasteiger partial charge on any atom is -0.329 e. The van der Waals surface area contributed by atoms with Crippen molar-refractivity contribution in [2.75, 3.05) is 13.1 Å². The molecule has 1 aliphatic heterocycles. The maximum absolute atomic E-state index is 11.9. The zero-order valence-electron chi connectivity index (χ0n) is 10.6. The van der Waals surface area contributed by atoms with Crippen molar-refractivity contribution in [2.24, 2.45) is 5.73 Å². The number of urea groups is 1. The molecule has 0 aromatic heterocycles. The summed E-state index contributed by atoms with van der Waals surface area (Å²) in [4.78, 5) is 13.6. The molecule has 5 heteroatoms. The van der Waals surface area contributed by atoms with Crippen LogP contribution < -0.4 is 11.1 Å². The second-order valence-corrected chi connectivity index (χ2v) is 6.34. The first-order valence-electron chi connectivity index (χ1n) is 5.95. The number of nitrogens with zero attached hydrogens (tertiary/aromatic N) is 1. The number of rotatable bonds is 3. The van der Waals surface area contributed by atoms with Crippen molar-refractivity contribution in [3.8, 4) is 0 Å². The van der Waals surface area contributed by atoms with Gasteiger partial charge in [-0.3, -0.25) is 0 Å². The minimum absolute atomic E-state index is 0.0403. The van der Waals surface area contributed by atoms with Crippen molar-refractivity contribution >= 4 is 22.0 Å². The Balaban J connectivity index is 2.06. The van der Waals surface area contributed by atoms with E-state index in [0.29, 0.717) is 13.1 Å². The van der Waals surface area contributed by atoms with Gasteiger partial charge in [0.1, 0.15) is 0 Å². The summed E-state index contributed by atoms with van der Waals surface area (Å²) in [6.45, 7) is 5.08. The van der Waals surface area contributed by atoms with Crippen LogP contribution in [-0.4, -0.2) is 29.6 Å². The van der Waals surface area contributed by atoms with Crippen LogP contribution in [0.5, 0.6) is 0 Å². The van der Waals surface area contributed by atoms with Crippen molar-refractivity contribution in [3.63, 3.8) is 0 Å². The molecule has 0 radical (unpaired) electrons. The molecular formula is C13H18BrN3O. The van der Waals surface area contributed by atoms with E-state index in [1.54, 1.807) is 4.90 Å². The molecule has 1 aliphatic rings. The van der Waals surface area contributed by atoms with Crippen molar-refractivity contribution in [1.82, 2.24) is 10.2 Å². The number of halogens is 1. The maximum atomic E-state index is 11.9. The van der Waals surface area contributed by atoms with Crippen LogP contribution in [0.2, 0.25) is 0 Å². The first kappa shape index (κ1) is 13.4. The summed E-state index contributed by atoms with van der Waals surface area (Å²) < 4.78 is 1.04. The SMILES string of the molecule is CC(C)(N)CN1CC(c2ccc(Br)cc2)NC1=O. The third-order valence-corrected chi connectivity index (χ3v) is 3.39. The average molecular weight is 312 g/mol. The summed E-state index contributed by atoms with van der Waals surface area (Å²) in [6, 6.07) is 8.01. The van der Waals surface area contributed by atoms with Crippen LogP contribution in [0, 0.1) is 0 Å². The fraction of sp³-hybridized carbons (Fsp3) is 0.462. The van der Waals surface area contributed by atoms with Gasteiger partial charge in [-0.1, -0.05) is 28.1 Å². The fourth-order valence-electron chi connectivity index (χ4n) is 2.10. The molecule has 1 aromatic carbocycles. The minimum atomic E-state index is -0.369. The van der Waals surface area contributed by atoms with E-state index < -0.39 is 0 Å². The lowest BCUT2D eigenvalue weighted by atomic mass is 10.1. The average Bonchev–Trinajstić information content (AvgIpc) is 2.59. The van der Waals surface area contributed by atoms with Gasteiger partial charge in [-0.15, -0.1) is 0 Å². The Morgan fingerprint density at radius 1 is 1.44 bits per heavy atom. The highest BCUT2D eigenvalue weighted by atomic mass is 79.9.